The van der Waals surface area contributed by atoms with Crippen molar-refractivity contribution < 1.29 is 9.34 Å². The smallest absolute Gasteiger partial charge is 0.336 e. The Bertz CT molecular complexity index is 1070. The Kier molecular flexibility index (Phi) is 5.10. The van der Waals surface area contributed by atoms with Gasteiger partial charge in [0.25, 0.3) is 5.69 Å². The molecule has 0 aliphatic carbocycles. The molecule has 0 fully saturated rings. The molecule has 0 bridgehead atoms. The van der Waals surface area contributed by atoms with Crippen LogP contribution in [0.15, 0.2) is 51.7 Å². The van der Waals surface area contributed by atoms with Gasteiger partial charge < -0.3 is 4.42 Å². The van der Waals surface area contributed by atoms with Gasteiger partial charge in [0.05, 0.1) is 4.92 Å². The number of hydrogen-bond donors (Lipinski definition) is 0. The molecule has 27 heavy (non-hydrogen) atoms. The van der Waals surface area contributed by atoms with Crippen LogP contribution in [0.5, 0.6) is 0 Å². The van der Waals surface area contributed by atoms with Crippen molar-refractivity contribution in [2.45, 2.75) is 33.4 Å². The van der Waals surface area contributed by atoms with E-state index in [-0.39, 0.29) is 17.4 Å². The molecule has 0 N–H and O–H groups in total. The summed E-state index contributed by atoms with van der Waals surface area (Å²) < 4.78 is 5.36. The Balaban J connectivity index is 1.95. The van der Waals surface area contributed by atoms with Gasteiger partial charge in [-0.1, -0.05) is 12.1 Å². The number of non-ortho nitro benzene ring substituents is 1. The fourth-order valence-corrected chi connectivity index (χ4v) is 3.17. The van der Waals surface area contributed by atoms with Crippen molar-refractivity contribution in [2.24, 2.45) is 0 Å². The summed E-state index contributed by atoms with van der Waals surface area (Å²) in [5, 5.41) is 11.9. The summed E-state index contributed by atoms with van der Waals surface area (Å²) in [6, 6.07) is 12.0. The van der Waals surface area contributed by atoms with E-state index in [2.05, 4.69) is 4.90 Å². The van der Waals surface area contributed by atoms with Crippen molar-refractivity contribution in [3.63, 3.8) is 0 Å². The van der Waals surface area contributed by atoms with Crippen molar-refractivity contribution in [1.29, 1.82) is 0 Å². The Labute approximate surface area is 157 Å². The molecule has 1 unspecified atom stereocenters. The van der Waals surface area contributed by atoms with Gasteiger partial charge in [0.1, 0.15) is 5.58 Å². The summed E-state index contributed by atoms with van der Waals surface area (Å²) in [5.74, 6) is 0. The van der Waals surface area contributed by atoms with Crippen LogP contribution in [-0.2, 0) is 6.54 Å². The highest BCUT2D eigenvalue weighted by Crippen LogP contribution is 2.27. The zero-order valence-electron chi connectivity index (χ0n) is 15.9. The van der Waals surface area contributed by atoms with Crippen LogP contribution in [0.2, 0.25) is 0 Å². The fourth-order valence-electron chi connectivity index (χ4n) is 3.17. The molecular formula is C21H22N2O4. The van der Waals surface area contributed by atoms with E-state index in [9.17, 15) is 14.9 Å². The molecule has 3 rings (SSSR count). The maximum atomic E-state index is 12.0. The number of hydrogen-bond acceptors (Lipinski definition) is 5. The van der Waals surface area contributed by atoms with E-state index < -0.39 is 4.92 Å². The highest BCUT2D eigenvalue weighted by atomic mass is 16.6. The first-order valence-corrected chi connectivity index (χ1v) is 8.75. The number of fused-ring (bicyclic) bond motifs is 1. The Morgan fingerprint density at radius 2 is 1.85 bits per heavy atom. The summed E-state index contributed by atoms with van der Waals surface area (Å²) in [7, 11) is 1.94. The first kappa shape index (κ1) is 18.8. The van der Waals surface area contributed by atoms with E-state index in [4.69, 9.17) is 4.42 Å². The lowest BCUT2D eigenvalue weighted by Crippen LogP contribution is -2.22. The molecule has 0 radical (unpaired) electrons. The molecule has 6 heteroatoms. The quantitative estimate of drug-likeness (QED) is 0.377. The highest BCUT2D eigenvalue weighted by molar-refractivity contribution is 5.81. The minimum atomic E-state index is -0.392. The van der Waals surface area contributed by atoms with Crippen LogP contribution in [0.4, 0.5) is 5.69 Å². The highest BCUT2D eigenvalue weighted by Gasteiger charge is 2.17. The summed E-state index contributed by atoms with van der Waals surface area (Å²) in [4.78, 5) is 24.7. The van der Waals surface area contributed by atoms with E-state index >= 15 is 0 Å². The first-order valence-electron chi connectivity index (χ1n) is 8.75. The van der Waals surface area contributed by atoms with Gasteiger partial charge in [-0.2, -0.15) is 0 Å². The van der Waals surface area contributed by atoms with E-state index in [0.29, 0.717) is 12.1 Å². The standard InChI is InChI=1S/C21H22N2O4/c1-13-8-19-17(11-21(24)27-20(19)9-14(13)2)12-22(4)15(3)16-6-5-7-18(10-16)23(25)26/h5-11,15H,12H2,1-4H3. The minimum absolute atomic E-state index is 0.0567. The SMILES string of the molecule is Cc1cc2oc(=O)cc(CN(C)C(C)c3cccc([N+](=O)[O-])c3)c2cc1C. The van der Waals surface area contributed by atoms with E-state index in [1.54, 1.807) is 12.1 Å². The molecule has 140 valence electrons. The third kappa shape index (κ3) is 3.90. The predicted octanol–water partition coefficient (Wildman–Crippen LogP) is 4.51. The van der Waals surface area contributed by atoms with Gasteiger partial charge in [0.2, 0.25) is 0 Å². The molecule has 0 aliphatic rings. The monoisotopic (exact) mass is 366 g/mol. The topological polar surface area (TPSA) is 76.6 Å². The lowest BCUT2D eigenvalue weighted by Gasteiger charge is -2.25. The molecule has 1 heterocycles. The van der Waals surface area contributed by atoms with Gasteiger partial charge in [0, 0.05) is 36.2 Å². The maximum Gasteiger partial charge on any atom is 0.336 e. The van der Waals surface area contributed by atoms with Crippen LogP contribution in [-0.4, -0.2) is 16.9 Å². The van der Waals surface area contributed by atoms with Gasteiger partial charge in [-0.25, -0.2) is 4.79 Å². The van der Waals surface area contributed by atoms with Gasteiger partial charge in [-0.05, 0) is 62.2 Å². The number of nitrogens with zero attached hydrogens (tertiary/aromatic N) is 2. The predicted molar refractivity (Wildman–Crippen MR) is 105 cm³/mol. The third-order valence-electron chi connectivity index (χ3n) is 5.09. The molecule has 0 saturated heterocycles. The average molecular weight is 366 g/mol. The van der Waals surface area contributed by atoms with Crippen molar-refractivity contribution in [2.75, 3.05) is 7.05 Å². The van der Waals surface area contributed by atoms with Crippen LogP contribution in [0.3, 0.4) is 0 Å². The fraction of sp³-hybridized carbons (Fsp3) is 0.286. The molecule has 0 spiro atoms. The van der Waals surface area contributed by atoms with Crippen LogP contribution in [0.1, 0.15) is 35.2 Å². The second-order valence-corrected chi connectivity index (χ2v) is 6.97. The van der Waals surface area contributed by atoms with Crippen LogP contribution >= 0.6 is 0 Å². The van der Waals surface area contributed by atoms with Crippen molar-refractivity contribution >= 4 is 16.7 Å². The molecule has 1 atom stereocenters. The summed E-state index contributed by atoms with van der Waals surface area (Å²) in [6.45, 7) is 6.52. The lowest BCUT2D eigenvalue weighted by molar-refractivity contribution is -0.384. The molecule has 3 aromatic rings. The number of benzene rings is 2. The molecule has 6 nitrogen and oxygen atoms in total. The second-order valence-electron chi connectivity index (χ2n) is 6.97. The summed E-state index contributed by atoms with van der Waals surface area (Å²) >= 11 is 0. The maximum absolute atomic E-state index is 12.0. The number of nitro groups is 1. The van der Waals surface area contributed by atoms with E-state index in [0.717, 1.165) is 27.6 Å². The molecule has 0 aliphatic heterocycles. The molecular weight excluding hydrogens is 344 g/mol. The van der Waals surface area contributed by atoms with Crippen molar-refractivity contribution in [1.82, 2.24) is 4.90 Å². The average Bonchev–Trinajstić information content (AvgIpc) is 2.62. The Morgan fingerprint density at radius 3 is 2.56 bits per heavy atom. The normalized spacial score (nSPS) is 12.5. The molecule has 2 aromatic carbocycles. The van der Waals surface area contributed by atoms with E-state index in [1.165, 1.54) is 12.1 Å². The van der Waals surface area contributed by atoms with Gasteiger partial charge in [-0.15, -0.1) is 0 Å². The van der Waals surface area contributed by atoms with Gasteiger partial charge >= 0.3 is 5.63 Å². The van der Waals surface area contributed by atoms with Crippen LogP contribution < -0.4 is 5.63 Å². The van der Waals surface area contributed by atoms with Crippen LogP contribution in [0.25, 0.3) is 11.0 Å². The van der Waals surface area contributed by atoms with Crippen LogP contribution in [0, 0.1) is 24.0 Å². The van der Waals surface area contributed by atoms with Gasteiger partial charge in [0.15, 0.2) is 0 Å². The van der Waals surface area contributed by atoms with E-state index in [1.807, 2.05) is 46.0 Å². The van der Waals surface area contributed by atoms with Crippen molar-refractivity contribution in [3.05, 3.63) is 85.3 Å². The molecule has 1 aromatic heterocycles. The molecule has 0 amide bonds. The third-order valence-corrected chi connectivity index (χ3v) is 5.09. The zero-order chi connectivity index (χ0) is 19.7. The zero-order valence-corrected chi connectivity index (χ0v) is 15.9. The second kappa shape index (κ2) is 7.32. The Morgan fingerprint density at radius 1 is 1.15 bits per heavy atom. The summed E-state index contributed by atoms with van der Waals surface area (Å²) in [6.07, 6.45) is 0. The minimum Gasteiger partial charge on any atom is -0.423 e. The lowest BCUT2D eigenvalue weighted by atomic mass is 10.0. The Hall–Kier alpha value is -2.99. The largest absolute Gasteiger partial charge is 0.423 e. The first-order chi connectivity index (χ1) is 12.8. The molecule has 0 saturated carbocycles. The number of aryl methyl sites for hydroxylation is 2. The van der Waals surface area contributed by atoms with Crippen molar-refractivity contribution in [3.8, 4) is 0 Å². The number of rotatable bonds is 5. The summed E-state index contributed by atoms with van der Waals surface area (Å²) in [5.41, 5.74) is 4.21. The number of nitro benzene ring substituents is 1. The van der Waals surface area contributed by atoms with Gasteiger partial charge in [-0.3, -0.25) is 15.0 Å².